The molecule has 21 heavy (non-hydrogen) atoms. The number of hydrogen-bond donors (Lipinski definition) is 1. The fourth-order valence-corrected chi connectivity index (χ4v) is 2.30. The van der Waals surface area contributed by atoms with Crippen molar-refractivity contribution in [2.75, 3.05) is 13.7 Å². The van der Waals surface area contributed by atoms with Gasteiger partial charge in [-0.15, -0.1) is 0 Å². The Balaban J connectivity index is 2.28. The smallest absolute Gasteiger partial charge is 0.216 e. The van der Waals surface area contributed by atoms with Crippen molar-refractivity contribution >= 4 is 11.6 Å². The van der Waals surface area contributed by atoms with E-state index in [0.29, 0.717) is 22.9 Å². The standard InChI is InChI=1S/C15H17ClFN3O/c1-3-18-13(14-8-15(21-2)20-9-19-14)7-10-6-11(16)4-5-12(10)17/h4-6,8-9,13,18H,3,7H2,1-2H3. The summed E-state index contributed by atoms with van der Waals surface area (Å²) in [6, 6.07) is 6.16. The molecule has 0 aliphatic rings. The zero-order valence-electron chi connectivity index (χ0n) is 11.9. The van der Waals surface area contributed by atoms with E-state index in [1.807, 2.05) is 6.92 Å². The van der Waals surface area contributed by atoms with Gasteiger partial charge in [0.05, 0.1) is 18.8 Å². The second-order valence-corrected chi connectivity index (χ2v) is 4.97. The average molecular weight is 310 g/mol. The number of likely N-dealkylation sites (N-methyl/N-ethyl adjacent to an activating group) is 1. The molecular formula is C15H17ClFN3O. The minimum atomic E-state index is -0.275. The maximum atomic E-state index is 13.9. The Morgan fingerprint density at radius 3 is 2.86 bits per heavy atom. The molecular weight excluding hydrogens is 293 g/mol. The Kier molecular flexibility index (Phi) is 5.47. The van der Waals surface area contributed by atoms with Crippen molar-refractivity contribution in [1.29, 1.82) is 0 Å². The Morgan fingerprint density at radius 1 is 1.33 bits per heavy atom. The molecule has 0 saturated heterocycles. The van der Waals surface area contributed by atoms with Gasteiger partial charge >= 0.3 is 0 Å². The fourth-order valence-electron chi connectivity index (χ4n) is 2.10. The van der Waals surface area contributed by atoms with Gasteiger partial charge in [-0.1, -0.05) is 18.5 Å². The Bertz CT molecular complexity index is 609. The van der Waals surface area contributed by atoms with Crippen molar-refractivity contribution < 1.29 is 9.13 Å². The van der Waals surface area contributed by atoms with Crippen molar-refractivity contribution in [3.8, 4) is 5.88 Å². The summed E-state index contributed by atoms with van der Waals surface area (Å²) >= 11 is 5.94. The number of ether oxygens (including phenoxy) is 1. The molecule has 0 aliphatic carbocycles. The summed E-state index contributed by atoms with van der Waals surface area (Å²) in [5, 5.41) is 3.81. The van der Waals surface area contributed by atoms with Gasteiger partial charge in [-0.2, -0.15) is 0 Å². The minimum Gasteiger partial charge on any atom is -0.481 e. The van der Waals surface area contributed by atoms with Crippen LogP contribution in [0.5, 0.6) is 5.88 Å². The molecule has 112 valence electrons. The van der Waals surface area contributed by atoms with E-state index in [1.54, 1.807) is 19.2 Å². The van der Waals surface area contributed by atoms with Crippen molar-refractivity contribution in [3.63, 3.8) is 0 Å². The van der Waals surface area contributed by atoms with Crippen molar-refractivity contribution in [3.05, 3.63) is 52.7 Å². The van der Waals surface area contributed by atoms with Crippen LogP contribution in [-0.4, -0.2) is 23.6 Å². The first-order chi connectivity index (χ1) is 10.1. The molecule has 0 aliphatic heterocycles. The van der Waals surface area contributed by atoms with E-state index in [4.69, 9.17) is 16.3 Å². The monoisotopic (exact) mass is 309 g/mol. The lowest BCUT2D eigenvalue weighted by atomic mass is 10.0. The van der Waals surface area contributed by atoms with E-state index >= 15 is 0 Å². The normalized spacial score (nSPS) is 12.2. The Labute approximate surface area is 128 Å². The molecule has 1 aromatic carbocycles. The third kappa shape index (κ3) is 4.12. The predicted octanol–water partition coefficient (Wildman–Crippen LogP) is 3.17. The highest BCUT2D eigenvalue weighted by molar-refractivity contribution is 6.30. The summed E-state index contributed by atoms with van der Waals surface area (Å²) in [7, 11) is 1.55. The topological polar surface area (TPSA) is 47.0 Å². The second-order valence-electron chi connectivity index (χ2n) is 4.54. The first kappa shape index (κ1) is 15.7. The lowest BCUT2D eigenvalue weighted by molar-refractivity contribution is 0.393. The Hall–Kier alpha value is -1.72. The van der Waals surface area contributed by atoms with Crippen molar-refractivity contribution in [1.82, 2.24) is 15.3 Å². The molecule has 0 amide bonds. The van der Waals surface area contributed by atoms with Gasteiger partial charge < -0.3 is 10.1 Å². The zero-order valence-corrected chi connectivity index (χ0v) is 12.7. The molecule has 0 bridgehead atoms. The number of benzene rings is 1. The van der Waals surface area contributed by atoms with E-state index in [-0.39, 0.29) is 11.9 Å². The third-order valence-electron chi connectivity index (χ3n) is 3.11. The van der Waals surface area contributed by atoms with Crippen molar-refractivity contribution in [2.45, 2.75) is 19.4 Å². The van der Waals surface area contributed by atoms with Gasteiger partial charge in [0.2, 0.25) is 5.88 Å². The van der Waals surface area contributed by atoms with Crippen LogP contribution < -0.4 is 10.1 Å². The van der Waals surface area contributed by atoms with Gasteiger partial charge in [0.15, 0.2) is 0 Å². The van der Waals surface area contributed by atoms with Crippen LogP contribution in [0.1, 0.15) is 24.2 Å². The van der Waals surface area contributed by atoms with Crippen LogP contribution in [0.15, 0.2) is 30.6 Å². The van der Waals surface area contributed by atoms with E-state index in [1.165, 1.54) is 18.5 Å². The maximum Gasteiger partial charge on any atom is 0.216 e. The first-order valence-corrected chi connectivity index (χ1v) is 7.05. The number of halogens is 2. The molecule has 1 heterocycles. The van der Waals surface area contributed by atoms with E-state index in [9.17, 15) is 4.39 Å². The van der Waals surface area contributed by atoms with Gasteiger partial charge in [-0.05, 0) is 36.7 Å². The number of nitrogens with one attached hydrogen (secondary N) is 1. The molecule has 0 saturated carbocycles. The highest BCUT2D eigenvalue weighted by atomic mass is 35.5. The number of nitrogens with zero attached hydrogens (tertiary/aromatic N) is 2. The molecule has 2 aromatic rings. The van der Waals surface area contributed by atoms with Crippen LogP contribution in [0.3, 0.4) is 0 Å². The number of methoxy groups -OCH3 is 1. The predicted molar refractivity (Wildman–Crippen MR) is 80.1 cm³/mol. The number of aromatic nitrogens is 2. The Morgan fingerprint density at radius 2 is 2.14 bits per heavy atom. The molecule has 1 atom stereocenters. The highest BCUT2D eigenvalue weighted by Gasteiger charge is 2.16. The van der Waals surface area contributed by atoms with Gasteiger partial charge in [-0.25, -0.2) is 14.4 Å². The molecule has 0 spiro atoms. The van der Waals surface area contributed by atoms with Crippen molar-refractivity contribution in [2.24, 2.45) is 0 Å². The largest absolute Gasteiger partial charge is 0.481 e. The van der Waals surface area contributed by atoms with Crippen LogP contribution >= 0.6 is 11.6 Å². The number of hydrogen-bond acceptors (Lipinski definition) is 4. The summed E-state index contributed by atoms with van der Waals surface area (Å²) in [6.45, 7) is 2.72. The second kappa shape index (κ2) is 7.33. The van der Waals surface area contributed by atoms with Crippen LogP contribution in [0.4, 0.5) is 4.39 Å². The SMILES string of the molecule is CCNC(Cc1cc(Cl)ccc1F)c1cc(OC)ncn1. The van der Waals surface area contributed by atoms with Gasteiger partial charge in [0.25, 0.3) is 0 Å². The number of rotatable bonds is 6. The molecule has 0 fully saturated rings. The zero-order chi connectivity index (χ0) is 15.2. The molecule has 1 N–H and O–H groups in total. The molecule has 0 radical (unpaired) electrons. The quantitative estimate of drug-likeness (QED) is 0.890. The van der Waals surface area contributed by atoms with Crippen LogP contribution in [0.2, 0.25) is 5.02 Å². The average Bonchev–Trinajstić information content (AvgIpc) is 2.50. The summed E-state index contributed by atoms with van der Waals surface area (Å²) in [4.78, 5) is 8.23. The molecule has 4 nitrogen and oxygen atoms in total. The minimum absolute atomic E-state index is 0.139. The summed E-state index contributed by atoms with van der Waals surface area (Å²) in [5.41, 5.74) is 1.30. The maximum absolute atomic E-state index is 13.9. The molecule has 1 unspecified atom stereocenters. The van der Waals surface area contributed by atoms with Gasteiger partial charge in [0.1, 0.15) is 12.1 Å². The van der Waals surface area contributed by atoms with E-state index < -0.39 is 0 Å². The van der Waals surface area contributed by atoms with Crippen LogP contribution in [0.25, 0.3) is 0 Å². The molecule has 2 rings (SSSR count). The van der Waals surface area contributed by atoms with E-state index in [2.05, 4.69) is 15.3 Å². The summed E-state index contributed by atoms with van der Waals surface area (Å²) in [5.74, 6) is 0.206. The van der Waals surface area contributed by atoms with E-state index in [0.717, 1.165) is 12.2 Å². The molecule has 6 heteroatoms. The first-order valence-electron chi connectivity index (χ1n) is 6.67. The van der Waals surface area contributed by atoms with Gasteiger partial charge in [0, 0.05) is 11.1 Å². The lowest BCUT2D eigenvalue weighted by Crippen LogP contribution is -2.24. The van der Waals surface area contributed by atoms with Crippen LogP contribution in [0, 0.1) is 5.82 Å². The summed E-state index contributed by atoms with van der Waals surface area (Å²) in [6.07, 6.45) is 1.88. The summed E-state index contributed by atoms with van der Waals surface area (Å²) < 4.78 is 19.0. The van der Waals surface area contributed by atoms with Crippen LogP contribution in [-0.2, 0) is 6.42 Å². The van der Waals surface area contributed by atoms with Gasteiger partial charge in [-0.3, -0.25) is 0 Å². The molecule has 1 aromatic heterocycles. The lowest BCUT2D eigenvalue weighted by Gasteiger charge is -2.18. The highest BCUT2D eigenvalue weighted by Crippen LogP contribution is 2.23. The third-order valence-corrected chi connectivity index (χ3v) is 3.35. The fraction of sp³-hybridized carbons (Fsp3) is 0.333.